The molecule has 0 unspecified atom stereocenters. The normalized spacial score (nSPS) is 25.1. The van der Waals surface area contributed by atoms with Gasteiger partial charge >= 0.3 is 0 Å². The van der Waals surface area contributed by atoms with Crippen molar-refractivity contribution >= 4 is 5.82 Å². The lowest BCUT2D eigenvalue weighted by molar-refractivity contribution is 0.0872. The van der Waals surface area contributed by atoms with Gasteiger partial charge in [-0.1, -0.05) is 32.8 Å². The summed E-state index contributed by atoms with van der Waals surface area (Å²) < 4.78 is 0. The van der Waals surface area contributed by atoms with Crippen molar-refractivity contribution in [1.29, 1.82) is 0 Å². The van der Waals surface area contributed by atoms with Gasteiger partial charge in [-0.2, -0.15) is 0 Å². The van der Waals surface area contributed by atoms with E-state index in [1.165, 1.54) is 51.6 Å². The standard InChI is InChI=1S/C24H42N4/c1-20(2)26-19-22-11-9-21(10-12-22)18-24(3,4)28-15-7-14-27(16-17-28)23-8-5-6-13-25-23/h5-6,8,13,20-22,26H,7,9-12,14-19H2,1-4H3. The van der Waals surface area contributed by atoms with Crippen LogP contribution >= 0.6 is 0 Å². The van der Waals surface area contributed by atoms with Crippen molar-refractivity contribution < 1.29 is 0 Å². The van der Waals surface area contributed by atoms with E-state index in [9.17, 15) is 0 Å². The molecule has 3 rings (SSSR count). The molecule has 1 aliphatic heterocycles. The molecule has 1 saturated heterocycles. The summed E-state index contributed by atoms with van der Waals surface area (Å²) in [4.78, 5) is 9.77. The van der Waals surface area contributed by atoms with Gasteiger partial charge in [0.05, 0.1) is 0 Å². The maximum Gasteiger partial charge on any atom is 0.128 e. The van der Waals surface area contributed by atoms with Crippen LogP contribution in [0.1, 0.15) is 66.2 Å². The summed E-state index contributed by atoms with van der Waals surface area (Å²) in [6, 6.07) is 6.87. The van der Waals surface area contributed by atoms with Gasteiger partial charge in [-0.25, -0.2) is 4.98 Å². The Kier molecular flexibility index (Phi) is 7.76. The Hall–Kier alpha value is -1.13. The van der Waals surface area contributed by atoms with Crippen LogP contribution in [0.3, 0.4) is 0 Å². The molecule has 0 amide bonds. The molecule has 1 N–H and O–H groups in total. The highest BCUT2D eigenvalue weighted by Gasteiger charge is 2.33. The van der Waals surface area contributed by atoms with Crippen LogP contribution in [0.5, 0.6) is 0 Å². The molecule has 0 radical (unpaired) electrons. The molecule has 0 aromatic carbocycles. The lowest BCUT2D eigenvalue weighted by atomic mass is 9.76. The fourth-order valence-corrected chi connectivity index (χ4v) is 5.17. The molecule has 1 aromatic rings. The number of aromatic nitrogens is 1. The zero-order valence-electron chi connectivity index (χ0n) is 18.7. The smallest absolute Gasteiger partial charge is 0.128 e. The molecule has 1 saturated carbocycles. The van der Waals surface area contributed by atoms with Crippen LogP contribution in [0.25, 0.3) is 0 Å². The van der Waals surface area contributed by atoms with Crippen LogP contribution in [0.2, 0.25) is 0 Å². The summed E-state index contributed by atoms with van der Waals surface area (Å²) in [6.45, 7) is 15.3. The molecule has 158 valence electrons. The number of rotatable bonds is 7. The molecule has 28 heavy (non-hydrogen) atoms. The Labute approximate surface area is 173 Å². The van der Waals surface area contributed by atoms with Gasteiger partial charge in [-0.3, -0.25) is 4.90 Å². The predicted octanol–water partition coefficient (Wildman–Crippen LogP) is 4.57. The molecule has 2 aliphatic rings. The lowest BCUT2D eigenvalue weighted by Gasteiger charge is -2.42. The highest BCUT2D eigenvalue weighted by Crippen LogP contribution is 2.36. The molecule has 4 heteroatoms. The van der Waals surface area contributed by atoms with E-state index in [1.807, 2.05) is 12.3 Å². The zero-order valence-corrected chi connectivity index (χ0v) is 18.7. The first-order valence-corrected chi connectivity index (χ1v) is 11.6. The van der Waals surface area contributed by atoms with Gasteiger partial charge < -0.3 is 10.2 Å². The molecule has 2 heterocycles. The second-order valence-corrected chi connectivity index (χ2v) is 9.98. The van der Waals surface area contributed by atoms with E-state index in [2.05, 4.69) is 59.9 Å². The monoisotopic (exact) mass is 386 g/mol. The quantitative estimate of drug-likeness (QED) is 0.744. The molecule has 0 atom stereocenters. The van der Waals surface area contributed by atoms with Gasteiger partial charge in [-0.05, 0) is 70.0 Å². The Morgan fingerprint density at radius 1 is 1.04 bits per heavy atom. The highest BCUT2D eigenvalue weighted by molar-refractivity contribution is 5.37. The fourth-order valence-electron chi connectivity index (χ4n) is 5.17. The fraction of sp³-hybridized carbons (Fsp3) is 0.792. The maximum absolute atomic E-state index is 4.56. The number of pyridine rings is 1. The zero-order chi connectivity index (χ0) is 20.0. The highest BCUT2D eigenvalue weighted by atomic mass is 15.3. The average Bonchev–Trinajstić information content (AvgIpc) is 2.95. The molecule has 1 aromatic heterocycles. The van der Waals surface area contributed by atoms with E-state index in [4.69, 9.17) is 0 Å². The first kappa shape index (κ1) is 21.6. The van der Waals surface area contributed by atoms with Crippen molar-refractivity contribution in [3.05, 3.63) is 24.4 Å². The van der Waals surface area contributed by atoms with Gasteiger partial charge in [0, 0.05) is 44.0 Å². The van der Waals surface area contributed by atoms with E-state index < -0.39 is 0 Å². The summed E-state index contributed by atoms with van der Waals surface area (Å²) in [6.07, 6.45) is 10.1. The van der Waals surface area contributed by atoms with Crippen LogP contribution in [0, 0.1) is 11.8 Å². The van der Waals surface area contributed by atoms with Gasteiger partial charge in [-0.15, -0.1) is 0 Å². The minimum atomic E-state index is 0.299. The molecule has 0 spiro atoms. The van der Waals surface area contributed by atoms with Crippen molar-refractivity contribution in [3.63, 3.8) is 0 Å². The van der Waals surface area contributed by atoms with E-state index in [0.717, 1.165) is 37.3 Å². The van der Waals surface area contributed by atoms with Crippen LogP contribution in [0.15, 0.2) is 24.4 Å². The van der Waals surface area contributed by atoms with Crippen LogP contribution in [0.4, 0.5) is 5.82 Å². The van der Waals surface area contributed by atoms with Crippen molar-refractivity contribution in [3.8, 4) is 0 Å². The number of nitrogens with zero attached hydrogens (tertiary/aromatic N) is 3. The number of anilines is 1. The maximum atomic E-state index is 4.56. The number of hydrogen-bond donors (Lipinski definition) is 1. The van der Waals surface area contributed by atoms with Crippen molar-refractivity contribution in [2.24, 2.45) is 11.8 Å². The summed E-state index contributed by atoms with van der Waals surface area (Å²) >= 11 is 0. The minimum absolute atomic E-state index is 0.299. The Balaban J connectivity index is 1.47. The van der Waals surface area contributed by atoms with Crippen LogP contribution < -0.4 is 10.2 Å². The second kappa shape index (κ2) is 10.1. The largest absolute Gasteiger partial charge is 0.355 e. The first-order chi connectivity index (χ1) is 13.4. The van der Waals surface area contributed by atoms with Crippen molar-refractivity contribution in [2.75, 3.05) is 37.6 Å². The van der Waals surface area contributed by atoms with Crippen LogP contribution in [-0.2, 0) is 0 Å². The SMILES string of the molecule is CC(C)NCC1CCC(CC(C)(C)N2CCCN(c3ccccn3)CC2)CC1. The Morgan fingerprint density at radius 2 is 1.79 bits per heavy atom. The average molecular weight is 387 g/mol. The molecule has 0 bridgehead atoms. The molecule has 1 aliphatic carbocycles. The molecular formula is C24H42N4. The summed E-state index contributed by atoms with van der Waals surface area (Å²) in [7, 11) is 0. The first-order valence-electron chi connectivity index (χ1n) is 11.6. The minimum Gasteiger partial charge on any atom is -0.355 e. The third-order valence-electron chi connectivity index (χ3n) is 6.89. The van der Waals surface area contributed by atoms with Gasteiger partial charge in [0.25, 0.3) is 0 Å². The van der Waals surface area contributed by atoms with E-state index in [0.29, 0.717) is 11.6 Å². The van der Waals surface area contributed by atoms with E-state index in [-0.39, 0.29) is 0 Å². The summed E-state index contributed by atoms with van der Waals surface area (Å²) in [5, 5.41) is 3.64. The number of nitrogens with one attached hydrogen (secondary N) is 1. The van der Waals surface area contributed by atoms with Crippen molar-refractivity contribution in [2.45, 2.75) is 77.8 Å². The number of hydrogen-bond acceptors (Lipinski definition) is 4. The van der Waals surface area contributed by atoms with E-state index in [1.54, 1.807) is 0 Å². The lowest BCUT2D eigenvalue weighted by Crippen LogP contribution is -2.47. The van der Waals surface area contributed by atoms with Gasteiger partial charge in [0.2, 0.25) is 0 Å². The third-order valence-corrected chi connectivity index (χ3v) is 6.89. The van der Waals surface area contributed by atoms with Gasteiger partial charge in [0.1, 0.15) is 5.82 Å². The van der Waals surface area contributed by atoms with Gasteiger partial charge in [0.15, 0.2) is 0 Å². The molecule has 4 nitrogen and oxygen atoms in total. The van der Waals surface area contributed by atoms with E-state index >= 15 is 0 Å². The Bertz CT molecular complexity index is 563. The van der Waals surface area contributed by atoms with Crippen molar-refractivity contribution in [1.82, 2.24) is 15.2 Å². The topological polar surface area (TPSA) is 31.4 Å². The second-order valence-electron chi connectivity index (χ2n) is 9.98. The van der Waals surface area contributed by atoms with Crippen LogP contribution in [-0.4, -0.2) is 54.2 Å². The summed E-state index contributed by atoms with van der Waals surface area (Å²) in [5.41, 5.74) is 0.299. The Morgan fingerprint density at radius 3 is 2.46 bits per heavy atom. The summed E-state index contributed by atoms with van der Waals surface area (Å²) in [5.74, 6) is 2.93. The molecule has 2 fully saturated rings. The predicted molar refractivity (Wildman–Crippen MR) is 120 cm³/mol. The molecular weight excluding hydrogens is 344 g/mol. The third kappa shape index (κ3) is 6.18.